The van der Waals surface area contributed by atoms with Crippen LogP contribution in [0, 0.1) is 11.3 Å². The lowest BCUT2D eigenvalue weighted by molar-refractivity contribution is -0.161. The number of carboxylic acid groups (broad SMARTS) is 1. The van der Waals surface area contributed by atoms with Crippen LogP contribution in [-0.2, 0) is 14.3 Å². The zero-order valence-electron chi connectivity index (χ0n) is 11.7. The van der Waals surface area contributed by atoms with Gasteiger partial charge in [-0.05, 0) is 18.9 Å². The summed E-state index contributed by atoms with van der Waals surface area (Å²) in [5, 5.41) is 28.3. The Morgan fingerprint density at radius 3 is 2.95 bits per heavy atom. The third kappa shape index (κ3) is 2.77. The van der Waals surface area contributed by atoms with Crippen molar-refractivity contribution in [2.45, 2.75) is 25.5 Å². The topological polar surface area (TPSA) is 123 Å². The lowest BCUT2D eigenvalue weighted by atomic mass is 9.83. The largest absolute Gasteiger partial charge is 0.477 e. The minimum atomic E-state index is -1.15. The highest BCUT2D eigenvalue weighted by Crippen LogP contribution is 2.43. The first-order valence-electron chi connectivity index (χ1n) is 6.75. The minimum Gasteiger partial charge on any atom is -0.477 e. The maximum Gasteiger partial charge on any atom is 0.352 e. The van der Waals surface area contributed by atoms with Gasteiger partial charge in [-0.25, -0.2) is 4.79 Å². The molecule has 1 saturated heterocycles. The number of hydrogen-bond acceptors (Lipinski definition) is 5. The number of fused-ring (bicyclic) bond motifs is 1. The summed E-state index contributed by atoms with van der Waals surface area (Å²) in [6.07, 6.45) is 0.686. The molecule has 3 atom stereocenters. The molecule has 2 aliphatic heterocycles. The molecule has 2 rings (SSSR count). The van der Waals surface area contributed by atoms with E-state index in [9.17, 15) is 19.8 Å². The second kappa shape index (κ2) is 6.23. The van der Waals surface area contributed by atoms with Crippen LogP contribution < -0.4 is 5.32 Å². The lowest BCUT2D eigenvalue weighted by Gasteiger charge is -2.44. The fourth-order valence-corrected chi connectivity index (χ4v) is 2.89. The Balaban J connectivity index is 2.01. The number of carboxylic acids is 1. The number of carbonyl (C=O) groups is 2. The number of ether oxygens (including phenoxy) is 1. The van der Waals surface area contributed by atoms with Gasteiger partial charge in [0.05, 0.1) is 37.6 Å². The third-order valence-corrected chi connectivity index (χ3v) is 3.79. The van der Waals surface area contributed by atoms with Gasteiger partial charge in [0.15, 0.2) is 0 Å². The molecular weight excluding hydrogens is 278 g/mol. The smallest absolute Gasteiger partial charge is 0.352 e. The van der Waals surface area contributed by atoms with Gasteiger partial charge in [-0.1, -0.05) is 0 Å². The van der Waals surface area contributed by atoms with Crippen LogP contribution in [0.2, 0.25) is 0 Å². The first-order valence-corrected chi connectivity index (χ1v) is 6.75. The Hall–Kier alpha value is -1.93. The number of nitrogens with zero attached hydrogens (tertiary/aromatic N) is 1. The van der Waals surface area contributed by atoms with Crippen molar-refractivity contribution in [2.24, 2.45) is 5.92 Å². The van der Waals surface area contributed by atoms with Gasteiger partial charge in [0.25, 0.3) is 0 Å². The van der Waals surface area contributed by atoms with E-state index in [0.717, 1.165) is 6.34 Å². The monoisotopic (exact) mass is 297 g/mol. The van der Waals surface area contributed by atoms with E-state index in [0.29, 0.717) is 25.1 Å². The number of hydrogen-bond donors (Lipinski definition) is 4. The van der Waals surface area contributed by atoms with Gasteiger partial charge < -0.3 is 25.2 Å². The summed E-state index contributed by atoms with van der Waals surface area (Å²) in [4.78, 5) is 24.6. The number of amides is 1. The highest BCUT2D eigenvalue weighted by atomic mass is 16.5. The number of nitrogens with one attached hydrogen (secondary N) is 2. The number of aliphatic hydroxyl groups is 1. The molecule has 0 aromatic heterocycles. The van der Waals surface area contributed by atoms with Gasteiger partial charge in [-0.15, -0.1) is 0 Å². The van der Waals surface area contributed by atoms with Gasteiger partial charge in [0.1, 0.15) is 5.70 Å². The first kappa shape index (κ1) is 15.5. The fourth-order valence-electron chi connectivity index (χ4n) is 2.89. The maximum atomic E-state index is 12.0. The number of β-lactam (4-membered cyclic amide) rings is 1. The van der Waals surface area contributed by atoms with Crippen molar-refractivity contribution < 1.29 is 24.5 Å². The van der Waals surface area contributed by atoms with Crippen molar-refractivity contribution in [3.63, 3.8) is 0 Å². The molecule has 0 saturated carbocycles. The van der Waals surface area contributed by atoms with Crippen LogP contribution in [0.1, 0.15) is 13.3 Å². The second-order valence-electron chi connectivity index (χ2n) is 5.15. The van der Waals surface area contributed by atoms with Gasteiger partial charge in [0.2, 0.25) is 5.91 Å². The SMILES string of the molecule is CC(O)C1C(=O)N2C(C(=O)O)=C(COCCNC=N)CC12. The Kier molecular flexibility index (Phi) is 4.59. The second-order valence-corrected chi connectivity index (χ2v) is 5.15. The molecular formula is C13H19N3O5. The molecule has 4 N–H and O–H groups in total. The van der Waals surface area contributed by atoms with E-state index < -0.39 is 18.0 Å². The normalized spacial score (nSPS) is 25.4. The van der Waals surface area contributed by atoms with Crippen molar-refractivity contribution in [3.8, 4) is 0 Å². The van der Waals surface area contributed by atoms with E-state index in [-0.39, 0.29) is 24.3 Å². The van der Waals surface area contributed by atoms with Gasteiger partial charge in [-0.3, -0.25) is 10.2 Å². The summed E-state index contributed by atoms with van der Waals surface area (Å²) < 4.78 is 5.37. The number of rotatable bonds is 8. The molecule has 0 bridgehead atoms. The molecule has 3 unspecified atom stereocenters. The van der Waals surface area contributed by atoms with E-state index >= 15 is 0 Å². The summed E-state index contributed by atoms with van der Waals surface area (Å²) in [7, 11) is 0. The Labute approximate surface area is 121 Å². The van der Waals surface area contributed by atoms with Crippen LogP contribution in [0.15, 0.2) is 11.3 Å². The average molecular weight is 297 g/mol. The van der Waals surface area contributed by atoms with Gasteiger partial charge in [0, 0.05) is 6.54 Å². The molecule has 116 valence electrons. The standard InChI is InChI=1S/C13H19N3O5/c1-7(17)10-9-4-8(5-21-3-2-15-6-14)11(13(19)20)16(9)12(10)18/h6-7,9-10,17H,2-5H2,1H3,(H2,14,15)(H,19,20). The maximum absolute atomic E-state index is 12.0. The zero-order chi connectivity index (χ0) is 15.6. The number of carbonyl (C=O) groups excluding carboxylic acids is 1. The van der Waals surface area contributed by atoms with Crippen LogP contribution in [0.3, 0.4) is 0 Å². The lowest BCUT2D eigenvalue weighted by Crippen LogP contribution is -2.61. The first-order chi connectivity index (χ1) is 9.99. The molecule has 1 amide bonds. The van der Waals surface area contributed by atoms with Crippen molar-refractivity contribution in [1.82, 2.24) is 10.2 Å². The fraction of sp³-hybridized carbons (Fsp3) is 0.615. The molecule has 8 heteroatoms. The molecule has 0 aliphatic carbocycles. The summed E-state index contributed by atoms with van der Waals surface area (Å²) in [6, 6.07) is -0.276. The van der Waals surface area contributed by atoms with Crippen molar-refractivity contribution in [2.75, 3.05) is 19.8 Å². The predicted molar refractivity (Wildman–Crippen MR) is 72.7 cm³/mol. The molecule has 2 aliphatic rings. The van der Waals surface area contributed by atoms with Crippen LogP contribution in [0.5, 0.6) is 0 Å². The van der Waals surface area contributed by atoms with Crippen molar-refractivity contribution in [1.29, 1.82) is 5.41 Å². The Morgan fingerprint density at radius 1 is 1.67 bits per heavy atom. The zero-order valence-corrected chi connectivity index (χ0v) is 11.7. The number of aliphatic carboxylic acids is 1. The molecule has 0 spiro atoms. The molecule has 8 nitrogen and oxygen atoms in total. The van der Waals surface area contributed by atoms with E-state index in [2.05, 4.69) is 5.32 Å². The van der Waals surface area contributed by atoms with E-state index in [4.69, 9.17) is 10.1 Å². The van der Waals surface area contributed by atoms with Gasteiger partial charge in [-0.2, -0.15) is 0 Å². The van der Waals surface area contributed by atoms with Crippen LogP contribution in [0.25, 0.3) is 0 Å². The molecule has 0 radical (unpaired) electrons. The Morgan fingerprint density at radius 2 is 2.38 bits per heavy atom. The third-order valence-electron chi connectivity index (χ3n) is 3.79. The summed E-state index contributed by atoms with van der Waals surface area (Å²) in [5.41, 5.74) is 0.556. The van der Waals surface area contributed by atoms with Crippen molar-refractivity contribution in [3.05, 3.63) is 11.3 Å². The molecule has 21 heavy (non-hydrogen) atoms. The Bertz CT molecular complexity index is 488. The quantitative estimate of drug-likeness (QED) is 0.200. The highest BCUT2D eigenvalue weighted by Gasteiger charge is 2.56. The summed E-state index contributed by atoms with van der Waals surface area (Å²) in [6.45, 7) is 2.47. The highest BCUT2D eigenvalue weighted by molar-refractivity contribution is 5.99. The summed E-state index contributed by atoms with van der Waals surface area (Å²) >= 11 is 0. The number of aliphatic hydroxyl groups excluding tert-OH is 1. The van der Waals surface area contributed by atoms with Crippen molar-refractivity contribution >= 4 is 18.2 Å². The molecule has 1 fully saturated rings. The van der Waals surface area contributed by atoms with E-state index in [1.807, 2.05) is 0 Å². The van der Waals surface area contributed by atoms with Crippen LogP contribution in [0.4, 0.5) is 0 Å². The molecule has 0 aromatic rings. The van der Waals surface area contributed by atoms with Crippen LogP contribution >= 0.6 is 0 Å². The van der Waals surface area contributed by atoms with Crippen LogP contribution in [-0.4, -0.2) is 65.2 Å². The van der Waals surface area contributed by atoms with Gasteiger partial charge >= 0.3 is 5.97 Å². The predicted octanol–water partition coefficient (Wildman–Crippen LogP) is -0.850. The minimum absolute atomic E-state index is 0.0121. The molecule has 2 heterocycles. The van der Waals surface area contributed by atoms with E-state index in [1.54, 1.807) is 0 Å². The van der Waals surface area contributed by atoms with E-state index in [1.165, 1.54) is 11.8 Å². The average Bonchev–Trinajstić information content (AvgIpc) is 2.72. The summed E-state index contributed by atoms with van der Waals surface area (Å²) in [5.74, 6) is -2.02. The molecule has 0 aromatic carbocycles.